The maximum atomic E-state index is 11.8. The van der Waals surface area contributed by atoms with Crippen LogP contribution in [0.3, 0.4) is 0 Å². The minimum Gasteiger partial charge on any atom is -0.465 e. The van der Waals surface area contributed by atoms with E-state index >= 15 is 0 Å². The summed E-state index contributed by atoms with van der Waals surface area (Å²) in [7, 11) is 1.38. The molecule has 23 heavy (non-hydrogen) atoms. The van der Waals surface area contributed by atoms with Crippen LogP contribution in [-0.4, -0.2) is 13.1 Å². The first-order valence-corrected chi connectivity index (χ1v) is 7.38. The number of para-hydroxylation sites is 1. The van der Waals surface area contributed by atoms with Gasteiger partial charge in [0.1, 0.15) is 0 Å². The number of hydrogen-bond acceptors (Lipinski definition) is 3. The first-order chi connectivity index (χ1) is 11.3. The van der Waals surface area contributed by atoms with Gasteiger partial charge < -0.3 is 10.1 Å². The summed E-state index contributed by atoms with van der Waals surface area (Å²) in [6.45, 7) is 0. The summed E-state index contributed by atoms with van der Waals surface area (Å²) >= 11 is 0. The molecular formula is C20H17NO2. The zero-order valence-electron chi connectivity index (χ0n) is 12.8. The Morgan fingerprint density at radius 2 is 1.39 bits per heavy atom. The molecule has 0 saturated carbocycles. The lowest BCUT2D eigenvalue weighted by Crippen LogP contribution is -2.05. The van der Waals surface area contributed by atoms with Gasteiger partial charge in [0, 0.05) is 5.69 Å². The average Bonchev–Trinajstić information content (AvgIpc) is 2.63. The molecule has 3 aromatic carbocycles. The molecular weight excluding hydrogens is 286 g/mol. The van der Waals surface area contributed by atoms with Crippen molar-refractivity contribution in [2.24, 2.45) is 0 Å². The van der Waals surface area contributed by atoms with Gasteiger partial charge in [-0.1, -0.05) is 54.6 Å². The molecule has 114 valence electrons. The average molecular weight is 303 g/mol. The second-order valence-corrected chi connectivity index (χ2v) is 5.11. The molecule has 0 spiro atoms. The molecule has 1 N–H and O–H groups in total. The van der Waals surface area contributed by atoms with Crippen molar-refractivity contribution in [3.05, 3.63) is 84.4 Å². The Morgan fingerprint density at radius 1 is 0.783 bits per heavy atom. The van der Waals surface area contributed by atoms with Crippen molar-refractivity contribution < 1.29 is 9.53 Å². The number of nitrogens with one attached hydrogen (secondary N) is 1. The number of methoxy groups -OCH3 is 1. The molecule has 3 nitrogen and oxygen atoms in total. The van der Waals surface area contributed by atoms with Gasteiger partial charge in [-0.25, -0.2) is 4.79 Å². The van der Waals surface area contributed by atoms with Crippen molar-refractivity contribution in [2.45, 2.75) is 0 Å². The van der Waals surface area contributed by atoms with Crippen LogP contribution < -0.4 is 5.32 Å². The maximum Gasteiger partial charge on any atom is 0.339 e. The zero-order chi connectivity index (χ0) is 16.1. The highest BCUT2D eigenvalue weighted by Crippen LogP contribution is 2.25. The van der Waals surface area contributed by atoms with Crippen LogP contribution in [0.15, 0.2) is 78.9 Å². The summed E-state index contributed by atoms with van der Waals surface area (Å²) in [5.74, 6) is -0.353. The SMILES string of the molecule is COC(=O)c1ccccc1Nc1ccc(-c2ccccc2)cc1. The summed E-state index contributed by atoms with van der Waals surface area (Å²) in [5.41, 5.74) is 4.49. The number of ether oxygens (including phenoxy) is 1. The molecule has 0 heterocycles. The lowest BCUT2D eigenvalue weighted by atomic mass is 10.1. The van der Waals surface area contributed by atoms with Crippen molar-refractivity contribution in [3.63, 3.8) is 0 Å². The van der Waals surface area contributed by atoms with Crippen LogP contribution in [0.5, 0.6) is 0 Å². The Labute approximate surface area is 135 Å². The number of benzene rings is 3. The Hall–Kier alpha value is -3.07. The quantitative estimate of drug-likeness (QED) is 0.698. The number of hydrogen-bond donors (Lipinski definition) is 1. The van der Waals surface area contributed by atoms with Crippen molar-refractivity contribution in [1.29, 1.82) is 0 Å². The predicted octanol–water partition coefficient (Wildman–Crippen LogP) is 4.88. The summed E-state index contributed by atoms with van der Waals surface area (Å²) in [4.78, 5) is 11.8. The van der Waals surface area contributed by atoms with Gasteiger partial charge in [0.25, 0.3) is 0 Å². The van der Waals surface area contributed by atoms with Gasteiger partial charge in [-0.15, -0.1) is 0 Å². The van der Waals surface area contributed by atoms with Crippen LogP contribution in [0, 0.1) is 0 Å². The number of carbonyl (C=O) groups excluding carboxylic acids is 1. The molecule has 3 heteroatoms. The number of anilines is 2. The van der Waals surface area contributed by atoms with Crippen LogP contribution in [0.1, 0.15) is 10.4 Å². The van der Waals surface area contributed by atoms with E-state index in [2.05, 4.69) is 29.6 Å². The molecule has 0 aliphatic heterocycles. The van der Waals surface area contributed by atoms with Gasteiger partial charge in [0.2, 0.25) is 0 Å². The number of carbonyl (C=O) groups is 1. The molecule has 0 aliphatic carbocycles. The highest BCUT2D eigenvalue weighted by atomic mass is 16.5. The largest absolute Gasteiger partial charge is 0.465 e. The third-order valence-corrected chi connectivity index (χ3v) is 3.60. The maximum absolute atomic E-state index is 11.8. The monoisotopic (exact) mass is 303 g/mol. The molecule has 0 aliphatic rings. The lowest BCUT2D eigenvalue weighted by Gasteiger charge is -2.11. The Balaban J connectivity index is 1.83. The normalized spacial score (nSPS) is 10.1. The fourth-order valence-corrected chi connectivity index (χ4v) is 2.41. The van der Waals surface area contributed by atoms with Gasteiger partial charge in [0.05, 0.1) is 18.4 Å². The molecule has 0 radical (unpaired) electrons. The molecule has 3 rings (SSSR count). The zero-order valence-corrected chi connectivity index (χ0v) is 12.8. The minimum absolute atomic E-state index is 0.353. The van der Waals surface area contributed by atoms with Crippen LogP contribution in [0.25, 0.3) is 11.1 Å². The van der Waals surface area contributed by atoms with Gasteiger partial charge in [-0.2, -0.15) is 0 Å². The fraction of sp³-hybridized carbons (Fsp3) is 0.0500. The Kier molecular flexibility index (Phi) is 4.39. The van der Waals surface area contributed by atoms with Crippen molar-refractivity contribution in [3.8, 4) is 11.1 Å². The Bertz CT molecular complexity index is 795. The number of esters is 1. The second kappa shape index (κ2) is 6.79. The first kappa shape index (κ1) is 14.9. The summed E-state index contributed by atoms with van der Waals surface area (Å²) in [5, 5.41) is 3.27. The van der Waals surface area contributed by atoms with Gasteiger partial charge in [-0.3, -0.25) is 0 Å². The third kappa shape index (κ3) is 3.40. The van der Waals surface area contributed by atoms with E-state index in [1.807, 2.05) is 48.5 Å². The van der Waals surface area contributed by atoms with Gasteiger partial charge >= 0.3 is 5.97 Å². The van der Waals surface area contributed by atoms with Crippen molar-refractivity contribution in [2.75, 3.05) is 12.4 Å². The van der Waals surface area contributed by atoms with Gasteiger partial charge in [0.15, 0.2) is 0 Å². The van der Waals surface area contributed by atoms with E-state index in [4.69, 9.17) is 4.74 Å². The summed E-state index contributed by atoms with van der Waals surface area (Å²) < 4.78 is 4.81. The Morgan fingerprint density at radius 3 is 2.09 bits per heavy atom. The second-order valence-electron chi connectivity index (χ2n) is 5.11. The van der Waals surface area contributed by atoms with Crippen molar-refractivity contribution >= 4 is 17.3 Å². The van der Waals surface area contributed by atoms with Crippen molar-refractivity contribution in [1.82, 2.24) is 0 Å². The van der Waals surface area contributed by atoms with Crippen LogP contribution in [0.2, 0.25) is 0 Å². The van der Waals surface area contributed by atoms with Crippen LogP contribution >= 0.6 is 0 Å². The molecule has 0 bridgehead atoms. The molecule has 0 unspecified atom stereocenters. The standard InChI is InChI=1S/C20H17NO2/c1-23-20(22)18-9-5-6-10-19(18)21-17-13-11-16(12-14-17)15-7-3-2-4-8-15/h2-14,21H,1H3. The van der Waals surface area contributed by atoms with E-state index in [9.17, 15) is 4.79 Å². The fourth-order valence-electron chi connectivity index (χ4n) is 2.41. The molecule has 0 fully saturated rings. The molecule has 0 atom stereocenters. The smallest absolute Gasteiger partial charge is 0.339 e. The van der Waals surface area contributed by atoms with E-state index in [0.717, 1.165) is 16.9 Å². The summed E-state index contributed by atoms with van der Waals surface area (Å²) in [6.07, 6.45) is 0. The van der Waals surface area contributed by atoms with E-state index in [1.165, 1.54) is 12.7 Å². The minimum atomic E-state index is -0.353. The van der Waals surface area contributed by atoms with Gasteiger partial charge in [-0.05, 0) is 35.4 Å². The molecule has 3 aromatic rings. The van der Waals surface area contributed by atoms with Crippen LogP contribution in [0.4, 0.5) is 11.4 Å². The predicted molar refractivity (Wildman–Crippen MR) is 92.9 cm³/mol. The summed E-state index contributed by atoms with van der Waals surface area (Å²) in [6, 6.07) is 25.6. The molecule has 0 saturated heterocycles. The lowest BCUT2D eigenvalue weighted by molar-refractivity contribution is 0.0602. The number of rotatable bonds is 4. The topological polar surface area (TPSA) is 38.3 Å². The van der Waals surface area contributed by atoms with Crippen LogP contribution in [-0.2, 0) is 4.74 Å². The molecule has 0 aromatic heterocycles. The van der Waals surface area contributed by atoms with E-state index in [1.54, 1.807) is 6.07 Å². The third-order valence-electron chi connectivity index (χ3n) is 3.60. The van der Waals surface area contributed by atoms with E-state index in [-0.39, 0.29) is 5.97 Å². The van der Waals surface area contributed by atoms with E-state index < -0.39 is 0 Å². The highest BCUT2D eigenvalue weighted by Gasteiger charge is 2.10. The molecule has 0 amide bonds. The van der Waals surface area contributed by atoms with E-state index in [0.29, 0.717) is 5.56 Å². The highest BCUT2D eigenvalue weighted by molar-refractivity contribution is 5.96. The first-order valence-electron chi connectivity index (χ1n) is 7.38.